The Hall–Kier alpha value is -4.38. The van der Waals surface area contributed by atoms with Crippen molar-refractivity contribution in [3.05, 3.63) is 93.7 Å². The second-order valence-electron chi connectivity index (χ2n) is 12.7. The van der Waals surface area contributed by atoms with Crippen molar-refractivity contribution in [3.8, 4) is 23.2 Å². The Morgan fingerprint density at radius 2 is 1.53 bits per heavy atom. The van der Waals surface area contributed by atoms with E-state index in [1.54, 1.807) is 0 Å². The number of hydrogen-bond donors (Lipinski definition) is 1. The zero-order valence-electron chi connectivity index (χ0n) is 26.0. The van der Waals surface area contributed by atoms with Crippen LogP contribution in [0.2, 0.25) is 0 Å². The average Bonchev–Trinajstić information content (AvgIpc) is 3.31. The van der Waals surface area contributed by atoms with Gasteiger partial charge in [0.1, 0.15) is 22.8 Å². The van der Waals surface area contributed by atoms with Crippen LogP contribution in [0.5, 0.6) is 17.4 Å². The van der Waals surface area contributed by atoms with Crippen LogP contribution in [-0.4, -0.2) is 19.6 Å². The van der Waals surface area contributed by atoms with E-state index >= 15 is 0 Å². The molecule has 3 aromatic carbocycles. The first-order valence-electron chi connectivity index (χ1n) is 15.5. The van der Waals surface area contributed by atoms with E-state index in [4.69, 9.17) is 14.7 Å². The van der Waals surface area contributed by atoms with Crippen molar-refractivity contribution >= 4 is 32.7 Å². The van der Waals surface area contributed by atoms with E-state index in [2.05, 4.69) is 68.7 Å². The molecule has 0 spiro atoms. The lowest BCUT2D eigenvalue weighted by molar-refractivity contribution is 0.439. The number of ether oxygens (including phenoxy) is 1. The summed E-state index contributed by atoms with van der Waals surface area (Å²) in [6, 6.07) is 19.2. The summed E-state index contributed by atoms with van der Waals surface area (Å²) in [5.74, 6) is 2.86. The van der Waals surface area contributed by atoms with Crippen LogP contribution in [0.15, 0.2) is 54.6 Å². The normalized spacial score (nSPS) is 14.3. The Bertz CT molecular complexity index is 2060. The van der Waals surface area contributed by atoms with Crippen LogP contribution in [0, 0.1) is 41.5 Å². The summed E-state index contributed by atoms with van der Waals surface area (Å²) in [4.78, 5) is 9.87. The zero-order valence-corrected chi connectivity index (χ0v) is 26.0. The third-order valence-electron chi connectivity index (χ3n) is 9.31. The van der Waals surface area contributed by atoms with Gasteiger partial charge in [0.05, 0.1) is 11.0 Å². The first kappa shape index (κ1) is 27.5. The van der Waals surface area contributed by atoms with Gasteiger partial charge in [-0.3, -0.25) is 4.57 Å². The number of hydrogen-bond acceptors (Lipinski definition) is 4. The molecule has 5 heteroatoms. The van der Waals surface area contributed by atoms with E-state index in [1.165, 1.54) is 65.1 Å². The van der Waals surface area contributed by atoms with Crippen LogP contribution >= 0.6 is 0 Å². The minimum atomic E-state index is 0.205. The van der Waals surface area contributed by atoms with Crippen LogP contribution in [0.1, 0.15) is 77.1 Å². The molecular weight excluding hydrogens is 530 g/mol. The predicted molar refractivity (Wildman–Crippen MR) is 176 cm³/mol. The number of aryl methyl sites for hydroxylation is 6. The van der Waals surface area contributed by atoms with E-state index in [9.17, 15) is 5.11 Å². The monoisotopic (exact) mass is 569 g/mol. The number of nitrogens with zero attached hydrogens (tertiary/aromatic N) is 3. The highest BCUT2D eigenvalue weighted by Gasteiger charge is 2.25. The summed E-state index contributed by atoms with van der Waals surface area (Å²) in [5.41, 5.74) is 10.8. The summed E-state index contributed by atoms with van der Waals surface area (Å²) >= 11 is 0. The lowest BCUT2D eigenvalue weighted by Gasteiger charge is -2.24. The lowest BCUT2D eigenvalue weighted by atomic mass is 9.82. The molecule has 1 aliphatic rings. The van der Waals surface area contributed by atoms with Crippen molar-refractivity contribution < 1.29 is 9.84 Å². The number of pyridine rings is 2. The number of phenolic OH excluding ortho intramolecular Hbond substituents is 1. The molecule has 1 aliphatic carbocycles. The van der Waals surface area contributed by atoms with Gasteiger partial charge in [-0.05, 0) is 112 Å². The molecule has 1 saturated carbocycles. The maximum absolute atomic E-state index is 10.8. The van der Waals surface area contributed by atoms with Crippen LogP contribution in [0.25, 0.3) is 38.5 Å². The molecule has 0 atom stereocenters. The first-order valence-corrected chi connectivity index (χ1v) is 15.5. The second-order valence-corrected chi connectivity index (χ2v) is 12.7. The molecular formula is C38H39N3O2. The molecule has 43 heavy (non-hydrogen) atoms. The molecule has 0 radical (unpaired) electrons. The second kappa shape index (κ2) is 10.4. The fraction of sp³-hybridized carbons (Fsp3) is 0.316. The molecule has 218 valence electrons. The number of aromatic hydroxyl groups is 1. The van der Waals surface area contributed by atoms with Gasteiger partial charge in [-0.15, -0.1) is 0 Å². The summed E-state index contributed by atoms with van der Waals surface area (Å²) in [7, 11) is 0. The SMILES string of the molecule is Cc1cc(C)c2c(c1)c1c(C3CCCCC3)cc(Oc3ccc4c(C)cc(C)c(O)c4n3)cc1n2-c1nc(C)ccc1C. The maximum atomic E-state index is 10.8. The quantitative estimate of drug-likeness (QED) is 0.229. The highest BCUT2D eigenvalue weighted by Crippen LogP contribution is 2.45. The van der Waals surface area contributed by atoms with Crippen molar-refractivity contribution in [3.63, 3.8) is 0 Å². The highest BCUT2D eigenvalue weighted by molar-refractivity contribution is 6.12. The number of rotatable bonds is 4. The zero-order chi connectivity index (χ0) is 30.0. The predicted octanol–water partition coefficient (Wildman–Crippen LogP) is 10.1. The standard InChI is InChI=1S/C38H39N3O2/c1-21-16-24(4)36-31(17-21)34-30(27-10-8-7-9-11-27)19-28(20-32(34)41(36)38-22(2)12-13-26(6)39-38)43-33-15-14-29-23(3)18-25(5)37(42)35(29)40-33/h12-20,27,42H,7-11H2,1-6H3. The Morgan fingerprint density at radius 1 is 0.744 bits per heavy atom. The van der Waals surface area contributed by atoms with Gasteiger partial charge >= 0.3 is 0 Å². The molecule has 5 nitrogen and oxygen atoms in total. The Morgan fingerprint density at radius 3 is 2.33 bits per heavy atom. The van der Waals surface area contributed by atoms with Gasteiger partial charge in [0.2, 0.25) is 5.88 Å². The maximum Gasteiger partial charge on any atom is 0.219 e. The summed E-state index contributed by atoms with van der Waals surface area (Å²) in [6.45, 7) is 12.5. The Kier molecular flexibility index (Phi) is 6.65. The number of fused-ring (bicyclic) bond motifs is 4. The lowest BCUT2D eigenvalue weighted by Crippen LogP contribution is -2.06. The fourth-order valence-corrected chi connectivity index (χ4v) is 7.29. The molecule has 6 aromatic rings. The number of phenols is 1. The van der Waals surface area contributed by atoms with Crippen molar-refractivity contribution in [1.29, 1.82) is 0 Å². The molecule has 0 unspecified atom stereocenters. The minimum Gasteiger partial charge on any atom is -0.505 e. The van der Waals surface area contributed by atoms with E-state index < -0.39 is 0 Å². The molecule has 7 rings (SSSR count). The van der Waals surface area contributed by atoms with E-state index in [-0.39, 0.29) is 5.75 Å². The van der Waals surface area contributed by atoms with Gasteiger partial charge in [-0.1, -0.05) is 43.0 Å². The van der Waals surface area contributed by atoms with Gasteiger partial charge in [-0.2, -0.15) is 0 Å². The molecule has 0 saturated heterocycles. The number of aromatic nitrogens is 3. The summed E-state index contributed by atoms with van der Waals surface area (Å²) in [6.07, 6.45) is 6.15. The van der Waals surface area contributed by atoms with Crippen molar-refractivity contribution in [1.82, 2.24) is 14.5 Å². The third kappa shape index (κ3) is 4.62. The Balaban J connectivity index is 1.52. The van der Waals surface area contributed by atoms with Crippen molar-refractivity contribution in [2.75, 3.05) is 0 Å². The third-order valence-corrected chi connectivity index (χ3v) is 9.31. The summed E-state index contributed by atoms with van der Waals surface area (Å²) < 4.78 is 8.95. The molecule has 0 aliphatic heterocycles. The fourth-order valence-electron chi connectivity index (χ4n) is 7.29. The van der Waals surface area contributed by atoms with Gasteiger partial charge in [-0.25, -0.2) is 9.97 Å². The Labute approximate surface area is 253 Å². The summed E-state index contributed by atoms with van der Waals surface area (Å²) in [5, 5.41) is 14.4. The van der Waals surface area contributed by atoms with Crippen LogP contribution in [0.3, 0.4) is 0 Å². The molecule has 1 fully saturated rings. The van der Waals surface area contributed by atoms with E-state index in [0.717, 1.165) is 44.9 Å². The van der Waals surface area contributed by atoms with Crippen LogP contribution < -0.4 is 4.74 Å². The molecule has 1 N–H and O–H groups in total. The van der Waals surface area contributed by atoms with E-state index in [1.807, 2.05) is 32.0 Å². The highest BCUT2D eigenvalue weighted by atomic mass is 16.5. The minimum absolute atomic E-state index is 0.205. The van der Waals surface area contributed by atoms with Crippen molar-refractivity contribution in [2.24, 2.45) is 0 Å². The molecule has 3 aromatic heterocycles. The topological polar surface area (TPSA) is 60.2 Å². The van der Waals surface area contributed by atoms with Gasteiger partial charge in [0.15, 0.2) is 0 Å². The van der Waals surface area contributed by atoms with Crippen LogP contribution in [-0.2, 0) is 0 Å². The van der Waals surface area contributed by atoms with Gasteiger partial charge in [0.25, 0.3) is 0 Å². The van der Waals surface area contributed by atoms with Crippen LogP contribution in [0.4, 0.5) is 0 Å². The van der Waals surface area contributed by atoms with Gasteiger partial charge in [0, 0.05) is 34.0 Å². The smallest absolute Gasteiger partial charge is 0.219 e. The largest absolute Gasteiger partial charge is 0.505 e. The molecule has 0 amide bonds. The molecule has 3 heterocycles. The van der Waals surface area contributed by atoms with Crippen molar-refractivity contribution in [2.45, 2.75) is 79.6 Å². The first-order chi connectivity index (χ1) is 20.7. The number of benzene rings is 3. The average molecular weight is 570 g/mol. The molecule has 0 bridgehead atoms. The van der Waals surface area contributed by atoms with Gasteiger partial charge < -0.3 is 9.84 Å². The van der Waals surface area contributed by atoms with E-state index in [0.29, 0.717) is 17.3 Å².